The van der Waals surface area contributed by atoms with Crippen molar-refractivity contribution in [3.8, 4) is 5.75 Å². The lowest BCUT2D eigenvalue weighted by molar-refractivity contribution is -0.123. The van der Waals surface area contributed by atoms with Gasteiger partial charge in [-0.1, -0.05) is 18.2 Å². The van der Waals surface area contributed by atoms with Crippen molar-refractivity contribution < 1.29 is 18.7 Å². The summed E-state index contributed by atoms with van der Waals surface area (Å²) in [4.78, 5) is 22.6. The highest BCUT2D eigenvalue weighted by atomic mass is 19.1. The van der Waals surface area contributed by atoms with Gasteiger partial charge in [0.05, 0.1) is 0 Å². The fraction of sp³-hybridized carbons (Fsp3) is 0.176. The number of halogens is 1. The summed E-state index contributed by atoms with van der Waals surface area (Å²) < 4.78 is 18.2. The van der Waals surface area contributed by atoms with E-state index in [1.807, 2.05) is 0 Å². The van der Waals surface area contributed by atoms with Crippen LogP contribution in [0.4, 0.5) is 10.1 Å². The Kier molecular flexibility index (Phi) is 5.68. The molecule has 0 aliphatic heterocycles. The van der Waals surface area contributed by atoms with E-state index in [4.69, 9.17) is 4.74 Å². The molecule has 2 rings (SSSR count). The van der Waals surface area contributed by atoms with Crippen molar-refractivity contribution in [2.45, 2.75) is 13.5 Å². The Morgan fingerprint density at radius 1 is 1.13 bits per heavy atom. The molecule has 0 spiro atoms. The highest BCUT2D eigenvalue weighted by molar-refractivity contribution is 5.88. The molecule has 120 valence electrons. The predicted octanol–water partition coefficient (Wildman–Crippen LogP) is 2.48. The molecule has 0 aliphatic rings. The van der Waals surface area contributed by atoms with Crippen LogP contribution in [-0.4, -0.2) is 18.4 Å². The summed E-state index contributed by atoms with van der Waals surface area (Å²) in [5, 5.41) is 5.36. The third-order valence-electron chi connectivity index (χ3n) is 2.93. The molecule has 0 saturated carbocycles. The van der Waals surface area contributed by atoms with Gasteiger partial charge in [-0.25, -0.2) is 4.39 Å². The zero-order valence-corrected chi connectivity index (χ0v) is 12.6. The number of ether oxygens (including phenoxy) is 1. The van der Waals surface area contributed by atoms with E-state index in [0.717, 1.165) is 5.56 Å². The highest BCUT2D eigenvalue weighted by Crippen LogP contribution is 2.12. The van der Waals surface area contributed by atoms with Crippen LogP contribution in [0.2, 0.25) is 0 Å². The Balaban J connectivity index is 1.76. The first-order chi connectivity index (χ1) is 11.0. The van der Waals surface area contributed by atoms with Gasteiger partial charge in [-0.05, 0) is 29.8 Å². The van der Waals surface area contributed by atoms with Gasteiger partial charge in [0.25, 0.3) is 5.91 Å². The minimum atomic E-state index is -0.415. The Bertz CT molecular complexity index is 686. The molecule has 0 atom stereocenters. The van der Waals surface area contributed by atoms with E-state index in [0.29, 0.717) is 18.0 Å². The van der Waals surface area contributed by atoms with Crippen LogP contribution >= 0.6 is 0 Å². The van der Waals surface area contributed by atoms with Gasteiger partial charge in [0, 0.05) is 25.2 Å². The second kappa shape index (κ2) is 7.93. The quantitative estimate of drug-likeness (QED) is 0.860. The summed E-state index contributed by atoms with van der Waals surface area (Å²) in [6, 6.07) is 12.7. The second-order valence-electron chi connectivity index (χ2n) is 4.90. The molecule has 2 N–H and O–H groups in total. The Morgan fingerprint density at radius 2 is 1.87 bits per heavy atom. The fourth-order valence-corrected chi connectivity index (χ4v) is 1.87. The highest BCUT2D eigenvalue weighted by Gasteiger charge is 2.04. The molecule has 0 radical (unpaired) electrons. The molecule has 0 unspecified atom stereocenters. The van der Waals surface area contributed by atoms with Crippen molar-refractivity contribution in [2.75, 3.05) is 11.9 Å². The summed E-state index contributed by atoms with van der Waals surface area (Å²) in [6.07, 6.45) is 0. The van der Waals surface area contributed by atoms with Crippen LogP contribution in [0.25, 0.3) is 0 Å². The van der Waals surface area contributed by atoms with Crippen LogP contribution in [-0.2, 0) is 16.1 Å². The van der Waals surface area contributed by atoms with Crippen molar-refractivity contribution in [1.82, 2.24) is 5.32 Å². The van der Waals surface area contributed by atoms with Gasteiger partial charge in [0.2, 0.25) is 5.91 Å². The maximum absolute atomic E-state index is 13.0. The number of nitrogens with one attached hydrogen (secondary N) is 2. The van der Waals surface area contributed by atoms with Crippen molar-refractivity contribution in [3.05, 3.63) is 59.9 Å². The summed E-state index contributed by atoms with van der Waals surface area (Å²) >= 11 is 0. The molecule has 0 bridgehead atoms. The number of benzene rings is 2. The topological polar surface area (TPSA) is 67.4 Å². The lowest BCUT2D eigenvalue weighted by atomic mass is 10.2. The molecule has 0 fully saturated rings. The number of anilines is 1. The van der Waals surface area contributed by atoms with Crippen LogP contribution in [0.15, 0.2) is 48.5 Å². The van der Waals surface area contributed by atoms with E-state index in [-0.39, 0.29) is 18.4 Å². The minimum absolute atomic E-state index is 0.138. The lowest BCUT2D eigenvalue weighted by Gasteiger charge is -2.08. The average molecular weight is 316 g/mol. The van der Waals surface area contributed by atoms with E-state index < -0.39 is 5.82 Å². The molecule has 2 aromatic rings. The largest absolute Gasteiger partial charge is 0.484 e. The minimum Gasteiger partial charge on any atom is -0.484 e. The molecule has 5 nitrogen and oxygen atoms in total. The van der Waals surface area contributed by atoms with E-state index in [1.54, 1.807) is 30.3 Å². The third-order valence-corrected chi connectivity index (χ3v) is 2.93. The third kappa shape index (κ3) is 5.78. The van der Waals surface area contributed by atoms with Gasteiger partial charge in [0.15, 0.2) is 6.61 Å². The molecule has 23 heavy (non-hydrogen) atoms. The molecule has 0 heterocycles. The summed E-state index contributed by atoms with van der Waals surface area (Å²) in [6.45, 7) is 1.59. The Hall–Kier alpha value is -2.89. The number of amides is 2. The summed E-state index contributed by atoms with van der Waals surface area (Å²) in [7, 11) is 0. The van der Waals surface area contributed by atoms with E-state index in [2.05, 4.69) is 10.6 Å². The van der Waals surface area contributed by atoms with Crippen LogP contribution < -0.4 is 15.4 Å². The smallest absolute Gasteiger partial charge is 0.258 e. The molecule has 0 saturated heterocycles. The van der Waals surface area contributed by atoms with Gasteiger partial charge in [-0.2, -0.15) is 0 Å². The molecule has 2 amide bonds. The Labute approximate surface area is 133 Å². The molecule has 0 aromatic heterocycles. The van der Waals surface area contributed by atoms with E-state index >= 15 is 0 Å². The molecule has 2 aromatic carbocycles. The van der Waals surface area contributed by atoms with Gasteiger partial charge in [0.1, 0.15) is 11.6 Å². The maximum atomic E-state index is 13.0. The number of hydrogen-bond acceptors (Lipinski definition) is 3. The zero-order chi connectivity index (χ0) is 16.7. The van der Waals surface area contributed by atoms with Crippen LogP contribution in [0.5, 0.6) is 5.75 Å². The first kappa shape index (κ1) is 16.5. The normalized spacial score (nSPS) is 10.0. The van der Waals surface area contributed by atoms with Crippen LogP contribution in [0.1, 0.15) is 12.5 Å². The zero-order valence-electron chi connectivity index (χ0n) is 12.6. The maximum Gasteiger partial charge on any atom is 0.258 e. The number of hydrogen-bond donors (Lipinski definition) is 2. The van der Waals surface area contributed by atoms with E-state index in [1.165, 1.54) is 25.1 Å². The predicted molar refractivity (Wildman–Crippen MR) is 84.5 cm³/mol. The van der Waals surface area contributed by atoms with Crippen molar-refractivity contribution >= 4 is 17.5 Å². The van der Waals surface area contributed by atoms with Crippen molar-refractivity contribution in [1.29, 1.82) is 0 Å². The van der Waals surface area contributed by atoms with Crippen molar-refractivity contribution in [3.63, 3.8) is 0 Å². The van der Waals surface area contributed by atoms with Crippen molar-refractivity contribution in [2.24, 2.45) is 0 Å². The average Bonchev–Trinajstić information content (AvgIpc) is 2.52. The summed E-state index contributed by atoms with van der Waals surface area (Å²) in [5.74, 6) is -0.553. The summed E-state index contributed by atoms with van der Waals surface area (Å²) in [5.41, 5.74) is 1.58. The van der Waals surface area contributed by atoms with Gasteiger partial charge < -0.3 is 15.4 Å². The number of carbonyl (C=O) groups excluding carboxylic acids is 2. The fourth-order valence-electron chi connectivity index (χ4n) is 1.87. The van der Waals surface area contributed by atoms with Gasteiger partial charge >= 0.3 is 0 Å². The first-order valence-electron chi connectivity index (χ1n) is 7.04. The van der Waals surface area contributed by atoms with Crippen LogP contribution in [0.3, 0.4) is 0 Å². The molecular weight excluding hydrogens is 299 g/mol. The van der Waals surface area contributed by atoms with Gasteiger partial charge in [-0.15, -0.1) is 0 Å². The first-order valence-corrected chi connectivity index (χ1v) is 7.04. The molecule has 0 aliphatic carbocycles. The number of carbonyl (C=O) groups is 2. The molecule has 6 heteroatoms. The SMILES string of the molecule is CC(=O)Nc1ccc(CNC(=O)COc2cccc(F)c2)cc1. The second-order valence-corrected chi connectivity index (χ2v) is 4.90. The van der Waals surface area contributed by atoms with Crippen LogP contribution in [0, 0.1) is 5.82 Å². The standard InChI is InChI=1S/C17H17FN2O3/c1-12(21)20-15-7-5-13(6-8-15)10-19-17(22)11-23-16-4-2-3-14(18)9-16/h2-9H,10-11H2,1H3,(H,19,22)(H,20,21). The Morgan fingerprint density at radius 3 is 2.52 bits per heavy atom. The van der Waals surface area contributed by atoms with Gasteiger partial charge in [-0.3, -0.25) is 9.59 Å². The number of rotatable bonds is 6. The molecular formula is C17H17FN2O3. The lowest BCUT2D eigenvalue weighted by Crippen LogP contribution is -2.28. The monoisotopic (exact) mass is 316 g/mol. The van der Waals surface area contributed by atoms with E-state index in [9.17, 15) is 14.0 Å².